The van der Waals surface area contributed by atoms with Crippen molar-refractivity contribution in [2.24, 2.45) is 0 Å². The number of H-pyrrole nitrogens is 1. The number of pyridine rings is 1. The number of aromatic nitrogens is 1. The first kappa shape index (κ1) is 8.47. The van der Waals surface area contributed by atoms with E-state index in [0.717, 1.165) is 10.9 Å². The lowest BCUT2D eigenvalue weighted by Crippen LogP contribution is -1.87. The van der Waals surface area contributed by atoms with Crippen molar-refractivity contribution in [3.8, 4) is 0 Å². The summed E-state index contributed by atoms with van der Waals surface area (Å²) in [6.07, 6.45) is 5.49. The fraction of sp³-hybridized carbons (Fsp3) is 0.444. The fourth-order valence-corrected chi connectivity index (χ4v) is 1.21. The molecule has 1 aromatic rings. The highest BCUT2D eigenvalue weighted by Crippen LogP contribution is 2.01. The Morgan fingerprint density at radius 3 is 3.00 bits per heavy atom. The monoisotopic (exact) mass is 167 g/mol. The average molecular weight is 167 g/mol. The van der Waals surface area contributed by atoms with E-state index in [9.17, 15) is 0 Å². The van der Waals surface area contributed by atoms with Gasteiger partial charge in [0.05, 0.1) is 0 Å². The Morgan fingerprint density at radius 2 is 2.36 bits per heavy atom. The van der Waals surface area contributed by atoms with Crippen LogP contribution in [0.25, 0.3) is 0 Å². The quantitative estimate of drug-likeness (QED) is 0.684. The molecule has 0 spiro atoms. The maximum atomic E-state index is 5.03. The first-order valence-corrected chi connectivity index (χ1v) is 4.41. The first-order chi connectivity index (χ1) is 5.33. The predicted octanol–water partition coefficient (Wildman–Crippen LogP) is 3.09. The molecule has 1 nitrogen and oxygen atoms in total. The van der Waals surface area contributed by atoms with Gasteiger partial charge in [0.25, 0.3) is 0 Å². The van der Waals surface area contributed by atoms with Gasteiger partial charge in [-0.25, -0.2) is 0 Å². The van der Waals surface area contributed by atoms with Crippen LogP contribution in [0, 0.1) is 4.51 Å². The van der Waals surface area contributed by atoms with Crippen molar-refractivity contribution in [2.75, 3.05) is 0 Å². The van der Waals surface area contributed by atoms with Gasteiger partial charge in [0.2, 0.25) is 0 Å². The molecule has 0 saturated heterocycles. The summed E-state index contributed by atoms with van der Waals surface area (Å²) in [6, 6.07) is 3.94. The van der Waals surface area contributed by atoms with Gasteiger partial charge >= 0.3 is 0 Å². The Morgan fingerprint density at radius 1 is 1.55 bits per heavy atom. The van der Waals surface area contributed by atoms with Crippen LogP contribution < -0.4 is 0 Å². The number of aromatic amines is 1. The van der Waals surface area contributed by atoms with Crippen LogP contribution in [0.5, 0.6) is 0 Å². The molecule has 0 bridgehead atoms. The van der Waals surface area contributed by atoms with Crippen molar-refractivity contribution in [3.05, 3.63) is 28.5 Å². The molecule has 1 aromatic heterocycles. The minimum atomic E-state index is 0.926. The van der Waals surface area contributed by atoms with Crippen LogP contribution in [0.2, 0.25) is 0 Å². The van der Waals surface area contributed by atoms with E-state index >= 15 is 0 Å². The summed E-state index contributed by atoms with van der Waals surface area (Å²) in [5.74, 6) is 0. The second-order valence-corrected chi connectivity index (χ2v) is 3.12. The van der Waals surface area contributed by atoms with E-state index < -0.39 is 0 Å². The number of hydrogen-bond acceptors (Lipinski definition) is 1. The summed E-state index contributed by atoms with van der Waals surface area (Å²) >= 11 is 5.03. The van der Waals surface area contributed by atoms with Gasteiger partial charge in [0.15, 0.2) is 0 Å². The van der Waals surface area contributed by atoms with E-state index in [1.54, 1.807) is 0 Å². The van der Waals surface area contributed by atoms with E-state index in [2.05, 4.69) is 11.9 Å². The summed E-state index contributed by atoms with van der Waals surface area (Å²) in [4.78, 5) is 3.18. The molecule has 2 heteroatoms. The molecule has 0 unspecified atom stereocenters. The largest absolute Gasteiger partial charge is 0.365 e. The van der Waals surface area contributed by atoms with Crippen LogP contribution in [-0.4, -0.2) is 4.98 Å². The van der Waals surface area contributed by atoms with Crippen LogP contribution >= 0.6 is 12.2 Å². The summed E-state index contributed by atoms with van der Waals surface area (Å²) in [6.45, 7) is 2.19. The summed E-state index contributed by atoms with van der Waals surface area (Å²) in [5, 5.41) is 0. The lowest BCUT2D eigenvalue weighted by atomic mass is 10.2. The number of rotatable bonds is 3. The van der Waals surface area contributed by atoms with Crippen LogP contribution in [-0.2, 0) is 6.42 Å². The Bertz CT molecular complexity index is 264. The lowest BCUT2D eigenvalue weighted by Gasteiger charge is -1.97. The van der Waals surface area contributed by atoms with E-state index in [-0.39, 0.29) is 0 Å². The Kier molecular flexibility index (Phi) is 3.30. The number of aryl methyl sites for hydroxylation is 1. The zero-order chi connectivity index (χ0) is 8.10. The van der Waals surface area contributed by atoms with E-state index in [1.165, 1.54) is 18.5 Å². The molecule has 60 valence electrons. The normalized spacial score (nSPS) is 9.91. The molecule has 1 rings (SSSR count). The maximum absolute atomic E-state index is 5.03. The molecule has 0 saturated carbocycles. The van der Waals surface area contributed by atoms with Crippen LogP contribution in [0.3, 0.4) is 0 Å². The minimum absolute atomic E-state index is 0.926. The van der Waals surface area contributed by atoms with Crippen molar-refractivity contribution in [1.82, 2.24) is 4.98 Å². The highest BCUT2D eigenvalue weighted by Gasteiger charge is 1.89. The Labute approximate surface area is 72.5 Å². The summed E-state index contributed by atoms with van der Waals surface area (Å²) in [5.41, 5.74) is 1.25. The smallest absolute Gasteiger partial charge is 0.0408 e. The third-order valence-electron chi connectivity index (χ3n) is 1.63. The highest BCUT2D eigenvalue weighted by molar-refractivity contribution is 7.71. The minimum Gasteiger partial charge on any atom is -0.365 e. The molecule has 0 aromatic carbocycles. The second kappa shape index (κ2) is 4.29. The van der Waals surface area contributed by atoms with Gasteiger partial charge in [-0.1, -0.05) is 25.6 Å². The lowest BCUT2D eigenvalue weighted by molar-refractivity contribution is 0.776. The van der Waals surface area contributed by atoms with E-state index in [4.69, 9.17) is 12.2 Å². The molecule has 0 aliphatic rings. The van der Waals surface area contributed by atoms with Gasteiger partial charge in [-0.2, -0.15) is 0 Å². The third kappa shape index (κ3) is 2.85. The van der Waals surface area contributed by atoms with E-state index in [0.29, 0.717) is 0 Å². The van der Waals surface area contributed by atoms with Crippen molar-refractivity contribution < 1.29 is 0 Å². The second-order valence-electron chi connectivity index (χ2n) is 2.65. The summed E-state index contributed by atoms with van der Waals surface area (Å²) in [7, 11) is 0. The molecule has 0 fully saturated rings. The standard InChI is InChI=1S/C9H13NS/c1-2-3-4-8-7-9(11)5-6-10-8/h5-7H,2-4H2,1H3,(H,10,11). The molecule has 0 radical (unpaired) electrons. The maximum Gasteiger partial charge on any atom is 0.0408 e. The molecule has 1 N–H and O–H groups in total. The zero-order valence-corrected chi connectivity index (χ0v) is 7.58. The Balaban J connectivity index is 2.64. The van der Waals surface area contributed by atoms with Gasteiger partial charge in [-0.05, 0) is 25.0 Å². The van der Waals surface area contributed by atoms with Gasteiger partial charge in [-0.3, -0.25) is 0 Å². The van der Waals surface area contributed by atoms with Gasteiger partial charge < -0.3 is 4.98 Å². The molecule has 0 atom stereocenters. The summed E-state index contributed by atoms with van der Waals surface area (Å²) < 4.78 is 0.926. The van der Waals surface area contributed by atoms with Gasteiger partial charge in [0.1, 0.15) is 0 Å². The molecule has 0 aliphatic carbocycles. The highest BCUT2D eigenvalue weighted by atomic mass is 32.1. The van der Waals surface area contributed by atoms with Crippen LogP contribution in [0.1, 0.15) is 25.5 Å². The van der Waals surface area contributed by atoms with Gasteiger partial charge in [-0.15, -0.1) is 0 Å². The number of nitrogens with one attached hydrogen (secondary N) is 1. The van der Waals surface area contributed by atoms with Crippen molar-refractivity contribution in [2.45, 2.75) is 26.2 Å². The molecule has 11 heavy (non-hydrogen) atoms. The third-order valence-corrected chi connectivity index (χ3v) is 1.89. The van der Waals surface area contributed by atoms with Crippen LogP contribution in [0.4, 0.5) is 0 Å². The molecular weight excluding hydrogens is 154 g/mol. The topological polar surface area (TPSA) is 15.8 Å². The van der Waals surface area contributed by atoms with Crippen LogP contribution in [0.15, 0.2) is 18.3 Å². The fourth-order valence-electron chi connectivity index (χ4n) is 1.00. The van der Waals surface area contributed by atoms with Crippen molar-refractivity contribution >= 4 is 12.2 Å². The van der Waals surface area contributed by atoms with E-state index in [1.807, 2.05) is 18.3 Å². The van der Waals surface area contributed by atoms with Crippen molar-refractivity contribution in [3.63, 3.8) is 0 Å². The first-order valence-electron chi connectivity index (χ1n) is 4.00. The predicted molar refractivity (Wildman–Crippen MR) is 50.2 cm³/mol. The average Bonchev–Trinajstić information content (AvgIpc) is 2.01. The zero-order valence-electron chi connectivity index (χ0n) is 6.76. The SMILES string of the molecule is CCCCc1cc(=S)cc[nH]1. The molecule has 0 amide bonds. The van der Waals surface area contributed by atoms with Gasteiger partial charge in [0, 0.05) is 16.4 Å². The molecule has 1 heterocycles. The molecular formula is C9H13NS. The van der Waals surface area contributed by atoms with Crippen molar-refractivity contribution in [1.29, 1.82) is 0 Å². The number of unbranched alkanes of at least 4 members (excludes halogenated alkanes) is 1. The molecule has 0 aliphatic heterocycles. The Hall–Kier alpha value is -0.630. The number of hydrogen-bond donors (Lipinski definition) is 1.